The third-order valence-corrected chi connectivity index (χ3v) is 4.36. The van der Waals surface area contributed by atoms with Crippen molar-refractivity contribution in [3.05, 3.63) is 67.5 Å². The predicted octanol–water partition coefficient (Wildman–Crippen LogP) is 8.05. The van der Waals surface area contributed by atoms with E-state index in [1.807, 2.05) is 36.4 Å². The Hall–Kier alpha value is -2.62. The SMILES string of the molecule is C=C(C)C(=O)OCCCCCCCCCCCC.C=COC(C)=O.C=Cc1ccccc1. The lowest BCUT2D eigenvalue weighted by Gasteiger charge is -2.04. The minimum absolute atomic E-state index is 0.258. The van der Waals surface area contributed by atoms with Gasteiger partial charge < -0.3 is 9.47 Å². The van der Waals surface area contributed by atoms with E-state index in [0.29, 0.717) is 12.2 Å². The highest BCUT2D eigenvalue weighted by Gasteiger charge is 2.01. The summed E-state index contributed by atoms with van der Waals surface area (Å²) in [6.07, 6.45) is 15.9. The van der Waals surface area contributed by atoms with Gasteiger partial charge in [-0.15, -0.1) is 0 Å². The fourth-order valence-electron chi connectivity index (χ4n) is 2.58. The lowest BCUT2D eigenvalue weighted by atomic mass is 10.1. The Morgan fingerprint density at radius 1 is 0.844 bits per heavy atom. The Bertz CT molecular complexity index is 620. The van der Waals surface area contributed by atoms with Crippen LogP contribution in [-0.2, 0) is 19.1 Å². The van der Waals surface area contributed by atoms with Crippen LogP contribution in [0, 0.1) is 0 Å². The molecule has 1 rings (SSSR count). The van der Waals surface area contributed by atoms with Crippen molar-refractivity contribution in [3.8, 4) is 0 Å². The maximum absolute atomic E-state index is 11.1. The molecule has 1 aromatic rings. The molecule has 0 unspecified atom stereocenters. The van der Waals surface area contributed by atoms with Crippen LogP contribution < -0.4 is 0 Å². The quantitative estimate of drug-likeness (QED) is 0.126. The number of carbonyl (C=O) groups excluding carboxylic acids is 2. The molecule has 0 aromatic heterocycles. The normalized spacial score (nSPS) is 9.22. The molecule has 0 N–H and O–H groups in total. The number of hydrogen-bond donors (Lipinski definition) is 0. The van der Waals surface area contributed by atoms with E-state index in [-0.39, 0.29) is 11.9 Å². The number of rotatable bonds is 14. The molecule has 0 aliphatic heterocycles. The fourth-order valence-corrected chi connectivity index (χ4v) is 2.58. The van der Waals surface area contributed by atoms with Crippen molar-refractivity contribution in [1.82, 2.24) is 0 Å². The summed E-state index contributed by atoms with van der Waals surface area (Å²) in [7, 11) is 0. The van der Waals surface area contributed by atoms with Crippen molar-refractivity contribution < 1.29 is 19.1 Å². The molecule has 0 spiro atoms. The van der Waals surface area contributed by atoms with Gasteiger partial charge in [0.2, 0.25) is 0 Å². The molecule has 0 atom stereocenters. The van der Waals surface area contributed by atoms with Gasteiger partial charge in [0, 0.05) is 12.5 Å². The van der Waals surface area contributed by atoms with E-state index in [1.165, 1.54) is 70.3 Å². The van der Waals surface area contributed by atoms with Crippen LogP contribution in [0.15, 0.2) is 61.9 Å². The summed E-state index contributed by atoms with van der Waals surface area (Å²) in [4.78, 5) is 20.8. The molecule has 32 heavy (non-hydrogen) atoms. The van der Waals surface area contributed by atoms with Gasteiger partial charge in [-0.3, -0.25) is 4.79 Å². The summed E-state index contributed by atoms with van der Waals surface area (Å²) in [5, 5.41) is 0. The monoisotopic (exact) mass is 444 g/mol. The van der Waals surface area contributed by atoms with Gasteiger partial charge >= 0.3 is 11.9 Å². The molecule has 4 heteroatoms. The van der Waals surface area contributed by atoms with Crippen LogP contribution in [-0.4, -0.2) is 18.5 Å². The zero-order chi connectivity index (χ0) is 24.5. The number of hydrogen-bond acceptors (Lipinski definition) is 4. The Morgan fingerprint density at radius 2 is 1.34 bits per heavy atom. The summed E-state index contributed by atoms with van der Waals surface area (Å²) in [6.45, 7) is 16.1. The number of carbonyl (C=O) groups is 2. The molecule has 0 fully saturated rings. The van der Waals surface area contributed by atoms with Crippen LogP contribution in [0.25, 0.3) is 6.08 Å². The summed E-state index contributed by atoms with van der Waals surface area (Å²) in [6, 6.07) is 10.0. The number of unbranched alkanes of at least 4 members (excludes halogenated alkanes) is 9. The zero-order valence-corrected chi connectivity index (χ0v) is 20.6. The average molecular weight is 445 g/mol. The van der Waals surface area contributed by atoms with Crippen molar-refractivity contribution in [2.45, 2.75) is 85.0 Å². The van der Waals surface area contributed by atoms with Gasteiger partial charge in [-0.25, -0.2) is 4.79 Å². The van der Waals surface area contributed by atoms with E-state index in [1.54, 1.807) is 6.92 Å². The molecule has 0 radical (unpaired) electrons. The third kappa shape index (κ3) is 25.4. The molecule has 0 heterocycles. The molecular weight excluding hydrogens is 400 g/mol. The summed E-state index contributed by atoms with van der Waals surface area (Å²) in [5.74, 6) is -0.587. The minimum Gasteiger partial charge on any atom is -0.462 e. The highest BCUT2D eigenvalue weighted by Crippen LogP contribution is 2.10. The standard InChI is InChI=1S/C16H30O2.C8H8.C4H6O2/c1-4-5-6-7-8-9-10-11-12-13-14-18-16(17)15(2)3;1-2-8-6-4-3-5-7-8;1-3-6-4(2)5/h2,4-14H2,1,3H3;2-7H,1H2;3H,1H2,2H3. The van der Waals surface area contributed by atoms with Gasteiger partial charge in [-0.2, -0.15) is 0 Å². The first-order chi connectivity index (χ1) is 15.4. The zero-order valence-electron chi connectivity index (χ0n) is 20.6. The summed E-state index contributed by atoms with van der Waals surface area (Å²) in [5.41, 5.74) is 1.66. The second-order valence-corrected chi connectivity index (χ2v) is 7.49. The number of esters is 2. The molecule has 0 aliphatic carbocycles. The van der Waals surface area contributed by atoms with Crippen molar-refractivity contribution in [1.29, 1.82) is 0 Å². The molecule has 0 amide bonds. The Balaban J connectivity index is 0. The predicted molar refractivity (Wildman–Crippen MR) is 136 cm³/mol. The first-order valence-corrected chi connectivity index (χ1v) is 11.7. The van der Waals surface area contributed by atoms with Crippen molar-refractivity contribution in [2.75, 3.05) is 6.61 Å². The fraction of sp³-hybridized carbons (Fsp3) is 0.500. The number of benzene rings is 1. The largest absolute Gasteiger partial charge is 0.462 e. The topological polar surface area (TPSA) is 52.6 Å². The van der Waals surface area contributed by atoms with Crippen LogP contribution in [0.3, 0.4) is 0 Å². The van der Waals surface area contributed by atoms with E-state index in [9.17, 15) is 9.59 Å². The van der Waals surface area contributed by atoms with Crippen LogP contribution in [0.4, 0.5) is 0 Å². The molecule has 0 bridgehead atoms. The van der Waals surface area contributed by atoms with Crippen LogP contribution in [0.5, 0.6) is 0 Å². The van der Waals surface area contributed by atoms with Crippen molar-refractivity contribution >= 4 is 18.0 Å². The first kappa shape index (κ1) is 31.6. The highest BCUT2D eigenvalue weighted by atomic mass is 16.5. The van der Waals surface area contributed by atoms with E-state index < -0.39 is 0 Å². The molecule has 0 aliphatic rings. The summed E-state index contributed by atoms with van der Waals surface area (Å²) >= 11 is 0. The Labute approximate surface area is 196 Å². The van der Waals surface area contributed by atoms with Crippen LogP contribution >= 0.6 is 0 Å². The van der Waals surface area contributed by atoms with E-state index in [4.69, 9.17) is 4.74 Å². The van der Waals surface area contributed by atoms with Gasteiger partial charge in [0.15, 0.2) is 0 Å². The van der Waals surface area contributed by atoms with Crippen molar-refractivity contribution in [2.24, 2.45) is 0 Å². The maximum atomic E-state index is 11.1. The third-order valence-electron chi connectivity index (χ3n) is 4.36. The van der Waals surface area contributed by atoms with E-state index in [0.717, 1.165) is 12.7 Å². The van der Waals surface area contributed by atoms with Gasteiger partial charge in [-0.05, 0) is 18.9 Å². The van der Waals surface area contributed by atoms with Crippen LogP contribution in [0.2, 0.25) is 0 Å². The van der Waals surface area contributed by atoms with Gasteiger partial charge in [0.05, 0.1) is 12.9 Å². The van der Waals surface area contributed by atoms with E-state index >= 15 is 0 Å². The second kappa shape index (κ2) is 24.6. The molecule has 180 valence electrons. The van der Waals surface area contributed by atoms with Gasteiger partial charge in [0.1, 0.15) is 0 Å². The van der Waals surface area contributed by atoms with Gasteiger partial charge in [-0.1, -0.05) is 121 Å². The molecule has 1 aromatic carbocycles. The van der Waals surface area contributed by atoms with Crippen molar-refractivity contribution in [3.63, 3.8) is 0 Å². The van der Waals surface area contributed by atoms with E-state index in [2.05, 4.69) is 31.4 Å². The molecule has 0 saturated carbocycles. The average Bonchev–Trinajstić information content (AvgIpc) is 2.78. The number of ether oxygens (including phenoxy) is 2. The minimum atomic E-state index is -0.329. The Kier molecular flexibility index (Phi) is 24.3. The first-order valence-electron chi connectivity index (χ1n) is 11.7. The highest BCUT2D eigenvalue weighted by molar-refractivity contribution is 5.86. The smallest absolute Gasteiger partial charge is 0.333 e. The second-order valence-electron chi connectivity index (χ2n) is 7.49. The Morgan fingerprint density at radius 3 is 1.69 bits per heavy atom. The lowest BCUT2D eigenvalue weighted by molar-refractivity contribution is -0.139. The summed E-state index contributed by atoms with van der Waals surface area (Å²) < 4.78 is 9.20. The molecular formula is C28H44O4. The lowest BCUT2D eigenvalue weighted by Crippen LogP contribution is -2.05. The maximum Gasteiger partial charge on any atom is 0.333 e. The van der Waals surface area contributed by atoms with Crippen LogP contribution in [0.1, 0.15) is 90.5 Å². The molecule has 4 nitrogen and oxygen atoms in total. The molecule has 0 saturated heterocycles. The van der Waals surface area contributed by atoms with Gasteiger partial charge in [0.25, 0.3) is 0 Å².